The van der Waals surface area contributed by atoms with Crippen LogP contribution in [0.4, 0.5) is 5.82 Å². The molecule has 0 saturated carbocycles. The summed E-state index contributed by atoms with van der Waals surface area (Å²) in [6.45, 7) is 4.42. The summed E-state index contributed by atoms with van der Waals surface area (Å²) in [5.41, 5.74) is 1.24. The maximum Gasteiger partial charge on any atom is 0.266 e. The van der Waals surface area contributed by atoms with Crippen LogP contribution in [0.2, 0.25) is 15.1 Å². The maximum absolute atomic E-state index is 12.6. The van der Waals surface area contributed by atoms with Gasteiger partial charge in [-0.2, -0.15) is 10.2 Å². The van der Waals surface area contributed by atoms with Crippen molar-refractivity contribution in [2.45, 2.75) is 31.8 Å². The van der Waals surface area contributed by atoms with Gasteiger partial charge in [0.05, 0.1) is 22.3 Å². The molecule has 27 heavy (non-hydrogen) atoms. The Bertz CT molecular complexity index is 1090. The highest BCUT2D eigenvalue weighted by Gasteiger charge is 2.23. The third-order valence-electron chi connectivity index (χ3n) is 3.79. The van der Waals surface area contributed by atoms with Crippen LogP contribution in [0.1, 0.15) is 18.2 Å². The number of sulfonamides is 1. The number of rotatable bonds is 6. The summed E-state index contributed by atoms with van der Waals surface area (Å²) in [4.78, 5) is 0.0828. The van der Waals surface area contributed by atoms with Crippen LogP contribution in [0, 0.1) is 6.92 Å². The molecule has 0 amide bonds. The fourth-order valence-electron chi connectivity index (χ4n) is 2.48. The molecular weight excluding hydrogens is 433 g/mol. The van der Waals surface area contributed by atoms with Gasteiger partial charge in [0.1, 0.15) is 9.92 Å². The van der Waals surface area contributed by atoms with Crippen LogP contribution in [0.5, 0.6) is 0 Å². The standard InChI is InChI=1S/C16H16Cl3N5O2S/c1-3-23-9-15(10(2)20-23)27(25,26)22-16-14(19)8-24(21-16)7-11-4-5-12(17)13(18)6-11/h4-6,8-9H,3,7H2,1-2H3,(H,21,22). The van der Waals surface area contributed by atoms with E-state index in [1.807, 2.05) is 6.92 Å². The van der Waals surface area contributed by atoms with Gasteiger partial charge < -0.3 is 0 Å². The van der Waals surface area contributed by atoms with E-state index in [1.165, 1.54) is 17.1 Å². The van der Waals surface area contributed by atoms with E-state index in [0.717, 1.165) is 5.56 Å². The van der Waals surface area contributed by atoms with Crippen molar-refractivity contribution in [3.05, 3.63) is 56.9 Å². The Labute approximate surface area is 171 Å². The van der Waals surface area contributed by atoms with Crippen LogP contribution >= 0.6 is 34.8 Å². The molecule has 2 heterocycles. The number of benzene rings is 1. The second-order valence-corrected chi connectivity index (χ2v) is 8.68. The van der Waals surface area contributed by atoms with Gasteiger partial charge in [-0.25, -0.2) is 8.42 Å². The van der Waals surface area contributed by atoms with Crippen molar-refractivity contribution < 1.29 is 8.42 Å². The number of halogens is 3. The topological polar surface area (TPSA) is 81.8 Å². The molecule has 0 radical (unpaired) electrons. The van der Waals surface area contributed by atoms with Gasteiger partial charge in [-0.1, -0.05) is 40.9 Å². The lowest BCUT2D eigenvalue weighted by Crippen LogP contribution is -2.14. The molecule has 0 aliphatic carbocycles. The summed E-state index contributed by atoms with van der Waals surface area (Å²) >= 11 is 18.1. The molecule has 0 unspecified atom stereocenters. The number of hydrogen-bond acceptors (Lipinski definition) is 4. The minimum Gasteiger partial charge on any atom is -0.271 e. The largest absolute Gasteiger partial charge is 0.271 e. The Kier molecular flexibility index (Phi) is 5.71. The lowest BCUT2D eigenvalue weighted by atomic mass is 10.2. The fraction of sp³-hybridized carbons (Fsp3) is 0.250. The zero-order valence-electron chi connectivity index (χ0n) is 14.4. The summed E-state index contributed by atoms with van der Waals surface area (Å²) in [6, 6.07) is 5.20. The van der Waals surface area contributed by atoms with Crippen LogP contribution < -0.4 is 4.72 Å². The van der Waals surface area contributed by atoms with Crippen molar-refractivity contribution in [2.75, 3.05) is 4.72 Å². The molecule has 0 fully saturated rings. The predicted molar refractivity (Wildman–Crippen MR) is 106 cm³/mol. The van der Waals surface area contributed by atoms with Crippen molar-refractivity contribution in [1.82, 2.24) is 19.6 Å². The Morgan fingerprint density at radius 1 is 1.04 bits per heavy atom. The smallest absolute Gasteiger partial charge is 0.266 e. The normalized spacial score (nSPS) is 11.7. The van der Waals surface area contributed by atoms with Gasteiger partial charge in [0.15, 0.2) is 5.82 Å². The van der Waals surface area contributed by atoms with E-state index in [9.17, 15) is 8.42 Å². The summed E-state index contributed by atoms with van der Waals surface area (Å²) in [7, 11) is -3.86. The van der Waals surface area contributed by atoms with Crippen LogP contribution in [-0.2, 0) is 23.1 Å². The zero-order chi connectivity index (χ0) is 19.8. The molecule has 1 aromatic carbocycles. The molecule has 0 saturated heterocycles. The minimum atomic E-state index is -3.86. The highest BCUT2D eigenvalue weighted by molar-refractivity contribution is 7.92. The van der Waals surface area contributed by atoms with Crippen LogP contribution in [0.3, 0.4) is 0 Å². The number of aromatic nitrogens is 4. The average Bonchev–Trinajstić information content (AvgIpc) is 3.14. The highest BCUT2D eigenvalue weighted by Crippen LogP contribution is 2.26. The monoisotopic (exact) mass is 447 g/mol. The Balaban J connectivity index is 1.83. The first-order valence-electron chi connectivity index (χ1n) is 7.93. The minimum absolute atomic E-state index is 0.0420. The van der Waals surface area contributed by atoms with Crippen LogP contribution in [-0.4, -0.2) is 28.0 Å². The molecule has 7 nitrogen and oxygen atoms in total. The maximum atomic E-state index is 12.6. The summed E-state index contributed by atoms with van der Waals surface area (Å²) in [5, 5.41) is 9.43. The second kappa shape index (κ2) is 7.71. The quantitative estimate of drug-likeness (QED) is 0.612. The molecule has 0 bridgehead atoms. The van der Waals surface area contributed by atoms with Crippen LogP contribution in [0.15, 0.2) is 35.5 Å². The first-order chi connectivity index (χ1) is 12.7. The molecule has 0 aliphatic heterocycles. The van der Waals surface area contributed by atoms with Crippen molar-refractivity contribution in [3.63, 3.8) is 0 Å². The molecule has 0 atom stereocenters. The predicted octanol–water partition coefficient (Wildman–Crippen LogP) is 4.22. The summed E-state index contributed by atoms with van der Waals surface area (Å²) in [6.07, 6.45) is 3.00. The van der Waals surface area contributed by atoms with Crippen molar-refractivity contribution in [3.8, 4) is 0 Å². The molecule has 2 aromatic heterocycles. The summed E-state index contributed by atoms with van der Waals surface area (Å²) in [5.74, 6) is 0.0420. The lowest BCUT2D eigenvalue weighted by molar-refractivity contribution is 0.599. The van der Waals surface area contributed by atoms with Gasteiger partial charge in [-0.15, -0.1) is 0 Å². The molecule has 0 aliphatic rings. The van der Waals surface area contributed by atoms with E-state index < -0.39 is 10.0 Å². The second-order valence-electron chi connectivity index (χ2n) is 5.81. The molecule has 3 rings (SSSR count). The fourth-order valence-corrected chi connectivity index (χ4v) is 4.26. The Hall–Kier alpha value is -1.74. The van der Waals surface area contributed by atoms with E-state index in [2.05, 4.69) is 14.9 Å². The zero-order valence-corrected chi connectivity index (χ0v) is 17.5. The van der Waals surface area contributed by atoms with Gasteiger partial charge in [-0.05, 0) is 31.5 Å². The molecular formula is C16H16Cl3N5O2S. The van der Waals surface area contributed by atoms with Crippen LogP contribution in [0.25, 0.3) is 0 Å². The van der Waals surface area contributed by atoms with E-state index in [1.54, 1.807) is 29.8 Å². The molecule has 144 valence electrons. The number of nitrogens with one attached hydrogen (secondary N) is 1. The van der Waals surface area contributed by atoms with Gasteiger partial charge in [-0.3, -0.25) is 14.1 Å². The van der Waals surface area contributed by atoms with Gasteiger partial charge in [0, 0.05) is 18.9 Å². The molecule has 11 heteroatoms. The van der Waals surface area contributed by atoms with Crippen molar-refractivity contribution in [1.29, 1.82) is 0 Å². The van der Waals surface area contributed by atoms with Crippen molar-refractivity contribution >= 4 is 50.6 Å². The average molecular weight is 449 g/mol. The van der Waals surface area contributed by atoms with E-state index in [-0.39, 0.29) is 15.7 Å². The molecule has 3 aromatic rings. The lowest BCUT2D eigenvalue weighted by Gasteiger charge is -2.05. The number of nitrogens with zero attached hydrogens (tertiary/aromatic N) is 4. The SMILES string of the molecule is CCn1cc(S(=O)(=O)Nc2nn(Cc3ccc(Cl)c(Cl)c3)cc2Cl)c(C)n1. The Morgan fingerprint density at radius 3 is 2.41 bits per heavy atom. The highest BCUT2D eigenvalue weighted by atomic mass is 35.5. The first kappa shape index (κ1) is 20.0. The summed E-state index contributed by atoms with van der Waals surface area (Å²) < 4.78 is 30.8. The number of aryl methyl sites for hydroxylation is 2. The van der Waals surface area contributed by atoms with Gasteiger partial charge >= 0.3 is 0 Å². The van der Waals surface area contributed by atoms with Gasteiger partial charge in [0.2, 0.25) is 0 Å². The first-order valence-corrected chi connectivity index (χ1v) is 10.5. The van der Waals surface area contributed by atoms with E-state index >= 15 is 0 Å². The van der Waals surface area contributed by atoms with Crippen molar-refractivity contribution in [2.24, 2.45) is 0 Å². The van der Waals surface area contributed by atoms with E-state index in [0.29, 0.717) is 28.8 Å². The molecule has 1 N–H and O–H groups in total. The Morgan fingerprint density at radius 2 is 1.78 bits per heavy atom. The van der Waals surface area contributed by atoms with Gasteiger partial charge in [0.25, 0.3) is 10.0 Å². The third-order valence-corrected chi connectivity index (χ3v) is 6.25. The molecule has 0 spiro atoms. The number of hydrogen-bond donors (Lipinski definition) is 1. The van der Waals surface area contributed by atoms with E-state index in [4.69, 9.17) is 34.8 Å². The number of anilines is 1. The third kappa shape index (κ3) is 4.40.